The van der Waals surface area contributed by atoms with Gasteiger partial charge in [0.05, 0.1) is 0 Å². The van der Waals surface area contributed by atoms with Crippen LogP contribution in [-0.2, 0) is 0 Å². The molecule has 1 aliphatic rings. The Morgan fingerprint density at radius 3 is 2.38 bits per heavy atom. The Morgan fingerprint density at radius 2 is 1.85 bits per heavy atom. The second kappa shape index (κ2) is 5.64. The van der Waals surface area contributed by atoms with Gasteiger partial charge in [-0.25, -0.2) is 0 Å². The van der Waals surface area contributed by atoms with E-state index in [2.05, 4.69) is 26.5 Å². The van der Waals surface area contributed by atoms with Crippen LogP contribution in [-0.4, -0.2) is 9.52 Å². The Balaban J connectivity index is 2.28. The van der Waals surface area contributed by atoms with Crippen LogP contribution >= 0.6 is 0 Å². The third-order valence-corrected chi connectivity index (χ3v) is 6.09. The van der Waals surface area contributed by atoms with Crippen LogP contribution in [0.2, 0.25) is 11.1 Å². The van der Waals surface area contributed by atoms with Gasteiger partial charge in [-0.2, -0.15) is 0 Å². The zero-order chi connectivity index (χ0) is 9.68. The zero-order valence-corrected chi connectivity index (χ0v) is 10.7. The van der Waals surface area contributed by atoms with Crippen molar-refractivity contribution >= 4 is 9.52 Å². The van der Waals surface area contributed by atoms with Crippen molar-refractivity contribution in [1.82, 2.24) is 0 Å². The summed E-state index contributed by atoms with van der Waals surface area (Å²) in [6, 6.07) is 0. The maximum Gasteiger partial charge on any atom is 0.0307 e. The lowest BCUT2D eigenvalue weighted by atomic mass is 9.87. The van der Waals surface area contributed by atoms with Crippen LogP contribution in [0, 0.1) is 5.92 Å². The third-order valence-electron chi connectivity index (χ3n) is 3.60. The van der Waals surface area contributed by atoms with Gasteiger partial charge in [0, 0.05) is 9.52 Å². The molecule has 0 spiro atoms. The summed E-state index contributed by atoms with van der Waals surface area (Å²) in [5.41, 5.74) is 1.89. The van der Waals surface area contributed by atoms with Gasteiger partial charge in [0.2, 0.25) is 0 Å². The lowest BCUT2D eigenvalue weighted by Gasteiger charge is -2.28. The van der Waals surface area contributed by atoms with Crippen LogP contribution < -0.4 is 0 Å². The van der Waals surface area contributed by atoms with E-state index in [4.69, 9.17) is 0 Å². The minimum absolute atomic E-state index is 0.0971. The molecule has 1 fully saturated rings. The van der Waals surface area contributed by atoms with Crippen molar-refractivity contribution in [3.05, 3.63) is 12.7 Å². The second-order valence-corrected chi connectivity index (χ2v) is 7.87. The number of rotatable bonds is 4. The Kier molecular flexibility index (Phi) is 4.79. The van der Waals surface area contributed by atoms with E-state index in [9.17, 15) is 0 Å². The van der Waals surface area contributed by atoms with Gasteiger partial charge < -0.3 is 0 Å². The van der Waals surface area contributed by atoms with Crippen molar-refractivity contribution in [2.45, 2.75) is 57.0 Å². The van der Waals surface area contributed by atoms with Gasteiger partial charge >= 0.3 is 0 Å². The molecule has 0 amide bonds. The fourth-order valence-electron chi connectivity index (χ4n) is 2.58. The number of hydrogen-bond acceptors (Lipinski definition) is 0. The smallest absolute Gasteiger partial charge is 0.0307 e. The zero-order valence-electron chi connectivity index (χ0n) is 9.26. The van der Waals surface area contributed by atoms with Crippen molar-refractivity contribution in [3.8, 4) is 0 Å². The summed E-state index contributed by atoms with van der Waals surface area (Å²) < 4.78 is 0. The topological polar surface area (TPSA) is 0 Å². The number of allylic oxidation sites excluding steroid dienone is 1. The highest BCUT2D eigenvalue weighted by Crippen LogP contribution is 2.34. The van der Waals surface area contributed by atoms with E-state index in [0.717, 1.165) is 17.0 Å². The molecule has 0 heterocycles. The van der Waals surface area contributed by atoms with Gasteiger partial charge in [-0.1, -0.05) is 57.6 Å². The van der Waals surface area contributed by atoms with Crippen molar-refractivity contribution in [2.24, 2.45) is 5.92 Å². The largest absolute Gasteiger partial charge is 0.103 e. The predicted octanol–water partition coefficient (Wildman–Crippen LogP) is 3.54. The van der Waals surface area contributed by atoms with Gasteiger partial charge in [-0.15, -0.1) is 6.58 Å². The minimum atomic E-state index is 0.0971. The molecule has 1 heteroatoms. The van der Waals surface area contributed by atoms with Crippen LogP contribution in [0.5, 0.6) is 0 Å². The molecule has 1 aliphatic carbocycles. The molecule has 2 unspecified atom stereocenters. The fraction of sp³-hybridized carbons (Fsp3) is 0.833. The molecule has 0 nitrogen and oxygen atoms in total. The highest BCUT2D eigenvalue weighted by atomic mass is 28.2. The maximum atomic E-state index is 3.89. The molecule has 0 radical (unpaired) electrons. The number of hydrogen-bond donors (Lipinski definition) is 0. The van der Waals surface area contributed by atoms with Crippen LogP contribution in [0.3, 0.4) is 0 Å². The highest BCUT2D eigenvalue weighted by molar-refractivity contribution is 6.40. The predicted molar refractivity (Wildman–Crippen MR) is 64.2 cm³/mol. The van der Waals surface area contributed by atoms with Crippen LogP contribution in [0.4, 0.5) is 0 Å². The fourth-order valence-corrected chi connectivity index (χ4v) is 4.80. The van der Waals surface area contributed by atoms with E-state index in [0.29, 0.717) is 0 Å². The van der Waals surface area contributed by atoms with Gasteiger partial charge in [-0.05, 0) is 11.5 Å². The standard InChI is InChI=1S/C12H24Si/c1-4-10(2)13-11(3)12-8-6-5-7-9-12/h4,10-12H,1,5-9,13H2,2-3H3. The Bertz CT molecular complexity index is 147. The average Bonchev–Trinajstić information content (AvgIpc) is 2.19. The molecule has 1 saturated carbocycles. The van der Waals surface area contributed by atoms with Crippen LogP contribution in [0.1, 0.15) is 46.0 Å². The van der Waals surface area contributed by atoms with Gasteiger partial charge in [0.25, 0.3) is 0 Å². The molecule has 0 saturated heterocycles. The summed E-state index contributed by atoms with van der Waals surface area (Å²) in [5.74, 6) is 1.07. The quantitative estimate of drug-likeness (QED) is 0.476. The van der Waals surface area contributed by atoms with E-state index in [1.165, 1.54) is 32.1 Å². The first-order valence-electron chi connectivity index (χ1n) is 5.86. The highest BCUT2D eigenvalue weighted by Gasteiger charge is 2.20. The SMILES string of the molecule is C=CC(C)[SiH2]C(C)C1CCCCC1. The lowest BCUT2D eigenvalue weighted by Crippen LogP contribution is -2.17. The summed E-state index contributed by atoms with van der Waals surface area (Å²) >= 11 is 0. The average molecular weight is 196 g/mol. The first-order chi connectivity index (χ1) is 6.24. The Morgan fingerprint density at radius 1 is 1.23 bits per heavy atom. The Hall–Kier alpha value is -0.0431. The van der Waals surface area contributed by atoms with Gasteiger partial charge in [0.1, 0.15) is 0 Å². The van der Waals surface area contributed by atoms with Crippen molar-refractivity contribution in [1.29, 1.82) is 0 Å². The van der Waals surface area contributed by atoms with Gasteiger partial charge in [-0.3, -0.25) is 0 Å². The second-order valence-electron chi connectivity index (χ2n) is 4.82. The third kappa shape index (κ3) is 3.68. The first kappa shape index (κ1) is 11.0. The molecule has 0 aromatic carbocycles. The summed E-state index contributed by atoms with van der Waals surface area (Å²) in [7, 11) is 0.0971. The molecule has 13 heavy (non-hydrogen) atoms. The van der Waals surface area contributed by atoms with Gasteiger partial charge in [0.15, 0.2) is 0 Å². The molecular weight excluding hydrogens is 172 g/mol. The van der Waals surface area contributed by atoms with E-state index in [1.54, 1.807) is 0 Å². The van der Waals surface area contributed by atoms with Crippen LogP contribution in [0.15, 0.2) is 12.7 Å². The van der Waals surface area contributed by atoms with Crippen molar-refractivity contribution in [2.75, 3.05) is 0 Å². The molecule has 2 atom stereocenters. The molecule has 0 aliphatic heterocycles. The van der Waals surface area contributed by atoms with E-state index in [1.807, 2.05) is 0 Å². The Labute approximate surface area is 85.6 Å². The molecule has 0 aromatic rings. The lowest BCUT2D eigenvalue weighted by molar-refractivity contribution is 0.347. The maximum absolute atomic E-state index is 3.89. The van der Waals surface area contributed by atoms with Crippen LogP contribution in [0.25, 0.3) is 0 Å². The van der Waals surface area contributed by atoms with E-state index < -0.39 is 0 Å². The monoisotopic (exact) mass is 196 g/mol. The molecular formula is C12H24Si. The summed E-state index contributed by atoms with van der Waals surface area (Å²) in [6.45, 7) is 8.73. The minimum Gasteiger partial charge on any atom is -0.103 e. The molecule has 0 N–H and O–H groups in total. The molecule has 0 bridgehead atoms. The van der Waals surface area contributed by atoms with E-state index >= 15 is 0 Å². The summed E-state index contributed by atoms with van der Waals surface area (Å²) in [6.07, 6.45) is 9.65. The van der Waals surface area contributed by atoms with Crippen molar-refractivity contribution < 1.29 is 0 Å². The molecule has 0 aromatic heterocycles. The summed E-state index contributed by atoms with van der Waals surface area (Å²) in [5, 5.41) is 0. The van der Waals surface area contributed by atoms with E-state index in [-0.39, 0.29) is 9.52 Å². The molecule has 1 rings (SSSR count). The first-order valence-corrected chi connectivity index (χ1v) is 7.50. The normalized spacial score (nSPS) is 24.8. The summed E-state index contributed by atoms with van der Waals surface area (Å²) in [4.78, 5) is 0. The van der Waals surface area contributed by atoms with Crippen molar-refractivity contribution in [3.63, 3.8) is 0 Å². The molecule has 76 valence electrons.